The second-order valence-electron chi connectivity index (χ2n) is 8.19. The van der Waals surface area contributed by atoms with Gasteiger partial charge in [-0.25, -0.2) is 8.42 Å². The van der Waals surface area contributed by atoms with E-state index in [-0.39, 0.29) is 18.0 Å². The molecule has 5 nitrogen and oxygen atoms in total. The third kappa shape index (κ3) is 6.36. The molecule has 0 spiro atoms. The monoisotopic (exact) mass is 504 g/mol. The molecule has 3 aromatic carbocycles. The summed E-state index contributed by atoms with van der Waals surface area (Å²) in [5, 5.41) is 3.43. The van der Waals surface area contributed by atoms with Crippen molar-refractivity contribution in [2.24, 2.45) is 0 Å². The highest BCUT2D eigenvalue weighted by Crippen LogP contribution is 2.27. The van der Waals surface area contributed by atoms with E-state index in [2.05, 4.69) is 5.32 Å². The number of anilines is 1. The zero-order valence-electron chi connectivity index (χ0n) is 18.9. The SMILES string of the molecule is Cc1ccc(CN(CC(=O)Nc2cc(Cl)cc(Cl)c2)S(=O)(=O)c2c(C)cc(C)cc2C)cc1. The van der Waals surface area contributed by atoms with Crippen molar-refractivity contribution in [3.05, 3.63) is 92.5 Å². The van der Waals surface area contributed by atoms with Gasteiger partial charge in [-0.2, -0.15) is 4.31 Å². The van der Waals surface area contributed by atoms with Gasteiger partial charge in [0.15, 0.2) is 0 Å². The number of halogens is 2. The van der Waals surface area contributed by atoms with Crippen molar-refractivity contribution in [1.29, 1.82) is 0 Å². The predicted molar refractivity (Wildman–Crippen MR) is 135 cm³/mol. The van der Waals surface area contributed by atoms with Crippen LogP contribution in [0, 0.1) is 27.7 Å². The van der Waals surface area contributed by atoms with Gasteiger partial charge in [0, 0.05) is 22.3 Å². The van der Waals surface area contributed by atoms with Crippen LogP contribution < -0.4 is 5.32 Å². The van der Waals surface area contributed by atoms with Crippen molar-refractivity contribution in [2.45, 2.75) is 39.1 Å². The number of rotatable bonds is 7. The number of carbonyl (C=O) groups excluding carboxylic acids is 1. The minimum absolute atomic E-state index is 0.0547. The van der Waals surface area contributed by atoms with Crippen molar-refractivity contribution in [2.75, 3.05) is 11.9 Å². The van der Waals surface area contributed by atoms with Crippen LogP contribution in [0.3, 0.4) is 0 Å². The summed E-state index contributed by atoms with van der Waals surface area (Å²) in [5.74, 6) is -0.494. The van der Waals surface area contributed by atoms with E-state index in [1.807, 2.05) is 50.2 Å². The number of amides is 1. The molecule has 1 N–H and O–H groups in total. The number of benzene rings is 3. The van der Waals surface area contributed by atoms with Gasteiger partial charge in [-0.15, -0.1) is 0 Å². The van der Waals surface area contributed by atoms with Crippen LogP contribution in [0.2, 0.25) is 10.0 Å². The highest BCUT2D eigenvalue weighted by molar-refractivity contribution is 7.89. The minimum atomic E-state index is -3.97. The zero-order valence-corrected chi connectivity index (χ0v) is 21.3. The molecule has 0 unspecified atom stereocenters. The number of hydrogen-bond acceptors (Lipinski definition) is 3. The predicted octanol–water partition coefficient (Wildman–Crippen LogP) is 6.06. The summed E-state index contributed by atoms with van der Waals surface area (Å²) in [5.41, 5.74) is 4.50. The minimum Gasteiger partial charge on any atom is -0.325 e. The number of aryl methyl sites for hydroxylation is 4. The lowest BCUT2D eigenvalue weighted by molar-refractivity contribution is -0.116. The van der Waals surface area contributed by atoms with Gasteiger partial charge >= 0.3 is 0 Å². The summed E-state index contributed by atoms with van der Waals surface area (Å²) >= 11 is 12.0. The summed E-state index contributed by atoms with van der Waals surface area (Å²) in [6.07, 6.45) is 0. The average Bonchev–Trinajstić information content (AvgIpc) is 2.67. The number of hydrogen-bond donors (Lipinski definition) is 1. The molecule has 0 bridgehead atoms. The molecule has 0 aliphatic rings. The molecule has 0 saturated carbocycles. The van der Waals surface area contributed by atoms with Crippen molar-refractivity contribution >= 4 is 44.8 Å². The maximum atomic E-state index is 13.8. The van der Waals surface area contributed by atoms with Gasteiger partial charge in [-0.1, -0.05) is 70.7 Å². The van der Waals surface area contributed by atoms with Crippen LogP contribution in [0.15, 0.2) is 59.5 Å². The topological polar surface area (TPSA) is 66.5 Å². The highest BCUT2D eigenvalue weighted by Gasteiger charge is 2.30. The summed E-state index contributed by atoms with van der Waals surface area (Å²) in [6.45, 7) is 7.10. The van der Waals surface area contributed by atoms with Crippen LogP contribution in [0.25, 0.3) is 0 Å². The Morgan fingerprint density at radius 3 is 1.94 bits per heavy atom. The molecule has 174 valence electrons. The first-order valence-corrected chi connectivity index (χ1v) is 12.5. The summed E-state index contributed by atoms with van der Waals surface area (Å²) in [6, 6.07) is 15.9. The Hall–Kier alpha value is -2.38. The van der Waals surface area contributed by atoms with E-state index in [0.29, 0.717) is 26.9 Å². The fourth-order valence-corrected chi connectivity index (χ4v) is 6.13. The Morgan fingerprint density at radius 2 is 1.39 bits per heavy atom. The molecular weight excluding hydrogens is 479 g/mol. The molecule has 0 saturated heterocycles. The summed E-state index contributed by atoms with van der Waals surface area (Å²) < 4.78 is 28.7. The molecule has 0 radical (unpaired) electrons. The Balaban J connectivity index is 1.97. The fourth-order valence-electron chi connectivity index (χ4n) is 3.81. The molecule has 33 heavy (non-hydrogen) atoms. The van der Waals surface area contributed by atoms with Crippen LogP contribution in [0.4, 0.5) is 5.69 Å². The van der Waals surface area contributed by atoms with E-state index in [0.717, 1.165) is 16.7 Å². The standard InChI is InChI=1S/C25H26Cl2N2O3S/c1-16-5-7-20(8-6-16)14-29(15-24(30)28-23-12-21(26)11-22(27)13-23)33(31,32)25-18(3)9-17(2)10-19(25)4/h5-13H,14-15H2,1-4H3,(H,28,30). The van der Waals surface area contributed by atoms with Gasteiger partial charge in [-0.05, 0) is 62.6 Å². The van der Waals surface area contributed by atoms with Crippen LogP contribution in [-0.2, 0) is 21.4 Å². The van der Waals surface area contributed by atoms with Gasteiger partial charge in [0.2, 0.25) is 15.9 Å². The van der Waals surface area contributed by atoms with Gasteiger partial charge in [0.1, 0.15) is 0 Å². The molecule has 3 aromatic rings. The van der Waals surface area contributed by atoms with Crippen molar-refractivity contribution in [3.63, 3.8) is 0 Å². The average molecular weight is 505 g/mol. The van der Waals surface area contributed by atoms with Gasteiger partial charge < -0.3 is 5.32 Å². The van der Waals surface area contributed by atoms with E-state index in [9.17, 15) is 13.2 Å². The molecule has 0 aliphatic carbocycles. The Bertz CT molecular complexity index is 1250. The first-order valence-electron chi connectivity index (χ1n) is 10.3. The Labute approximate surface area is 205 Å². The van der Waals surface area contributed by atoms with Crippen LogP contribution >= 0.6 is 23.2 Å². The van der Waals surface area contributed by atoms with E-state index >= 15 is 0 Å². The molecule has 3 rings (SSSR count). The molecule has 8 heteroatoms. The van der Waals surface area contributed by atoms with Gasteiger partial charge in [-0.3, -0.25) is 4.79 Å². The normalized spacial score (nSPS) is 11.6. The Kier molecular flexibility index (Phi) is 7.85. The van der Waals surface area contributed by atoms with Crippen molar-refractivity contribution in [3.8, 4) is 0 Å². The van der Waals surface area contributed by atoms with Crippen LogP contribution in [0.1, 0.15) is 27.8 Å². The second-order valence-corrected chi connectivity index (χ2v) is 10.9. The lowest BCUT2D eigenvalue weighted by Crippen LogP contribution is -2.38. The van der Waals surface area contributed by atoms with E-state index < -0.39 is 15.9 Å². The molecular formula is C25H26Cl2N2O3S. The van der Waals surface area contributed by atoms with E-state index in [4.69, 9.17) is 23.2 Å². The first-order chi connectivity index (χ1) is 15.5. The molecule has 0 heterocycles. The maximum absolute atomic E-state index is 13.8. The number of carbonyl (C=O) groups is 1. The third-order valence-electron chi connectivity index (χ3n) is 5.15. The quantitative estimate of drug-likeness (QED) is 0.425. The number of nitrogens with zero attached hydrogens (tertiary/aromatic N) is 1. The smallest absolute Gasteiger partial charge is 0.244 e. The van der Waals surface area contributed by atoms with E-state index in [1.165, 1.54) is 4.31 Å². The van der Waals surface area contributed by atoms with Gasteiger partial charge in [0.05, 0.1) is 11.4 Å². The molecule has 0 fully saturated rings. The maximum Gasteiger partial charge on any atom is 0.244 e. The zero-order chi connectivity index (χ0) is 24.3. The van der Waals surface area contributed by atoms with Gasteiger partial charge in [0.25, 0.3) is 0 Å². The highest BCUT2D eigenvalue weighted by atomic mass is 35.5. The summed E-state index contributed by atoms with van der Waals surface area (Å²) in [4.78, 5) is 13.1. The van der Waals surface area contributed by atoms with E-state index in [1.54, 1.807) is 32.0 Å². The van der Waals surface area contributed by atoms with Crippen molar-refractivity contribution in [1.82, 2.24) is 4.31 Å². The molecule has 0 atom stereocenters. The number of sulfonamides is 1. The summed E-state index contributed by atoms with van der Waals surface area (Å²) in [7, 11) is -3.97. The third-order valence-corrected chi connectivity index (χ3v) is 7.68. The Morgan fingerprint density at radius 1 is 0.848 bits per heavy atom. The molecule has 0 aliphatic heterocycles. The second kappa shape index (κ2) is 10.3. The molecule has 1 amide bonds. The first kappa shape index (κ1) is 25.2. The lowest BCUT2D eigenvalue weighted by Gasteiger charge is -2.24. The molecule has 0 aromatic heterocycles. The fraction of sp³-hybridized carbons (Fsp3) is 0.240. The lowest BCUT2D eigenvalue weighted by atomic mass is 10.1. The largest absolute Gasteiger partial charge is 0.325 e. The van der Waals surface area contributed by atoms with Crippen molar-refractivity contribution < 1.29 is 13.2 Å². The van der Waals surface area contributed by atoms with Crippen LogP contribution in [-0.4, -0.2) is 25.2 Å². The number of nitrogens with one attached hydrogen (secondary N) is 1. The van der Waals surface area contributed by atoms with Crippen LogP contribution in [0.5, 0.6) is 0 Å².